The van der Waals surface area contributed by atoms with E-state index in [2.05, 4.69) is 10.6 Å². The number of ether oxygens (including phenoxy) is 1. The van der Waals surface area contributed by atoms with Crippen molar-refractivity contribution in [2.24, 2.45) is 0 Å². The van der Waals surface area contributed by atoms with E-state index in [-0.39, 0.29) is 12.5 Å². The molecule has 0 aliphatic heterocycles. The van der Waals surface area contributed by atoms with Gasteiger partial charge in [0.05, 0.1) is 18.8 Å². The molecule has 0 spiro atoms. The van der Waals surface area contributed by atoms with Crippen molar-refractivity contribution in [3.05, 3.63) is 58.1 Å². The molecular formula is C18H20Cl2N2O2. The van der Waals surface area contributed by atoms with Gasteiger partial charge in [-0.1, -0.05) is 41.4 Å². The van der Waals surface area contributed by atoms with Crippen molar-refractivity contribution in [2.45, 2.75) is 13.3 Å². The molecule has 0 heterocycles. The summed E-state index contributed by atoms with van der Waals surface area (Å²) in [5.41, 5.74) is 1.67. The lowest BCUT2D eigenvalue weighted by Gasteiger charge is -2.11. The van der Waals surface area contributed by atoms with Gasteiger partial charge in [-0.2, -0.15) is 0 Å². The van der Waals surface area contributed by atoms with Gasteiger partial charge < -0.3 is 15.4 Å². The van der Waals surface area contributed by atoms with Gasteiger partial charge in [-0.15, -0.1) is 0 Å². The fourth-order valence-electron chi connectivity index (χ4n) is 2.20. The molecule has 2 N–H and O–H groups in total. The predicted octanol–water partition coefficient (Wildman–Crippen LogP) is 4.16. The number of para-hydroxylation sites is 2. The summed E-state index contributed by atoms with van der Waals surface area (Å²) in [6.07, 6.45) is 0.721. The number of hydrogen-bond donors (Lipinski definition) is 2. The molecule has 128 valence electrons. The van der Waals surface area contributed by atoms with Gasteiger partial charge in [-0.05, 0) is 49.7 Å². The smallest absolute Gasteiger partial charge is 0.238 e. The molecule has 2 rings (SSSR count). The maximum atomic E-state index is 12.0. The lowest BCUT2D eigenvalue weighted by Crippen LogP contribution is -2.29. The second-order valence-electron chi connectivity index (χ2n) is 5.14. The quantitative estimate of drug-likeness (QED) is 0.689. The fraction of sp³-hybridized carbons (Fsp3) is 0.278. The third-order valence-electron chi connectivity index (χ3n) is 3.33. The molecule has 0 bridgehead atoms. The number of nitrogens with one attached hydrogen (secondary N) is 2. The minimum atomic E-state index is -0.121. The zero-order valence-electron chi connectivity index (χ0n) is 13.4. The molecule has 0 saturated heterocycles. The van der Waals surface area contributed by atoms with Crippen LogP contribution in [0.1, 0.15) is 12.5 Å². The standard InChI is InChI=1S/C18H20Cl2N2O2/c1-2-24-17-6-4-3-5-16(17)22-18(23)12-21-10-9-13-7-8-14(19)11-15(13)20/h3-8,11,21H,2,9-10,12H2,1H3,(H,22,23). The van der Waals surface area contributed by atoms with E-state index in [4.69, 9.17) is 27.9 Å². The van der Waals surface area contributed by atoms with Crippen molar-refractivity contribution < 1.29 is 9.53 Å². The van der Waals surface area contributed by atoms with E-state index in [1.165, 1.54) is 0 Å². The molecule has 4 nitrogen and oxygen atoms in total. The number of carbonyl (C=O) groups is 1. The van der Waals surface area contributed by atoms with Crippen LogP contribution in [0.25, 0.3) is 0 Å². The molecule has 0 radical (unpaired) electrons. The SMILES string of the molecule is CCOc1ccccc1NC(=O)CNCCc1ccc(Cl)cc1Cl. The van der Waals surface area contributed by atoms with Gasteiger partial charge in [0.15, 0.2) is 0 Å². The number of hydrogen-bond acceptors (Lipinski definition) is 3. The normalized spacial score (nSPS) is 10.5. The highest BCUT2D eigenvalue weighted by Gasteiger charge is 2.07. The monoisotopic (exact) mass is 366 g/mol. The first-order chi connectivity index (χ1) is 11.6. The van der Waals surface area contributed by atoms with Gasteiger partial charge in [0, 0.05) is 10.0 Å². The Bertz CT molecular complexity index is 692. The highest BCUT2D eigenvalue weighted by atomic mass is 35.5. The molecular weight excluding hydrogens is 347 g/mol. The van der Waals surface area contributed by atoms with E-state index in [1.807, 2.05) is 37.3 Å². The zero-order chi connectivity index (χ0) is 17.4. The maximum absolute atomic E-state index is 12.0. The van der Waals surface area contributed by atoms with E-state index in [9.17, 15) is 4.79 Å². The van der Waals surface area contributed by atoms with Crippen LogP contribution in [0.15, 0.2) is 42.5 Å². The fourth-order valence-corrected chi connectivity index (χ4v) is 2.70. The number of benzene rings is 2. The van der Waals surface area contributed by atoms with Crippen molar-refractivity contribution in [3.63, 3.8) is 0 Å². The molecule has 0 aromatic heterocycles. The first-order valence-corrected chi connectivity index (χ1v) is 8.52. The third kappa shape index (κ3) is 5.71. The highest BCUT2D eigenvalue weighted by Crippen LogP contribution is 2.23. The maximum Gasteiger partial charge on any atom is 0.238 e. The van der Waals surface area contributed by atoms with Crippen LogP contribution in [0.5, 0.6) is 5.75 Å². The zero-order valence-corrected chi connectivity index (χ0v) is 15.0. The van der Waals surface area contributed by atoms with Crippen molar-refractivity contribution in [2.75, 3.05) is 25.0 Å². The third-order valence-corrected chi connectivity index (χ3v) is 3.92. The Balaban J connectivity index is 1.77. The molecule has 0 aliphatic carbocycles. The van der Waals surface area contributed by atoms with Crippen molar-refractivity contribution in [1.29, 1.82) is 0 Å². The summed E-state index contributed by atoms with van der Waals surface area (Å²) in [4.78, 5) is 12.0. The second kappa shape index (κ2) is 9.52. The summed E-state index contributed by atoms with van der Waals surface area (Å²) in [6.45, 7) is 3.31. The lowest BCUT2D eigenvalue weighted by molar-refractivity contribution is -0.115. The summed E-state index contributed by atoms with van der Waals surface area (Å²) in [7, 11) is 0. The van der Waals surface area contributed by atoms with E-state index < -0.39 is 0 Å². The Morgan fingerprint density at radius 2 is 1.96 bits per heavy atom. The Morgan fingerprint density at radius 3 is 2.71 bits per heavy atom. The van der Waals surface area contributed by atoms with Crippen molar-refractivity contribution >= 4 is 34.8 Å². The van der Waals surface area contributed by atoms with Gasteiger partial charge in [-0.3, -0.25) is 4.79 Å². The first kappa shape index (κ1) is 18.6. The Kier molecular flexibility index (Phi) is 7.37. The number of amides is 1. The molecule has 2 aromatic carbocycles. The van der Waals surface area contributed by atoms with Crippen LogP contribution < -0.4 is 15.4 Å². The molecule has 0 fully saturated rings. The molecule has 0 atom stereocenters. The van der Waals surface area contributed by atoms with Gasteiger partial charge in [-0.25, -0.2) is 0 Å². The molecule has 6 heteroatoms. The van der Waals surface area contributed by atoms with Crippen LogP contribution in [-0.4, -0.2) is 25.6 Å². The number of halogens is 2. The van der Waals surface area contributed by atoms with Crippen LogP contribution in [0.3, 0.4) is 0 Å². The van der Waals surface area contributed by atoms with Gasteiger partial charge in [0.25, 0.3) is 0 Å². The topological polar surface area (TPSA) is 50.4 Å². The number of carbonyl (C=O) groups excluding carboxylic acids is 1. The van der Waals surface area contributed by atoms with Gasteiger partial charge in [0.2, 0.25) is 5.91 Å². The molecule has 0 unspecified atom stereocenters. The summed E-state index contributed by atoms with van der Waals surface area (Å²) in [5, 5.41) is 7.20. The minimum absolute atomic E-state index is 0.121. The molecule has 0 aliphatic rings. The van der Waals surface area contributed by atoms with Crippen LogP contribution in [-0.2, 0) is 11.2 Å². The lowest BCUT2D eigenvalue weighted by atomic mass is 10.1. The predicted molar refractivity (Wildman–Crippen MR) is 99.3 cm³/mol. The average molecular weight is 367 g/mol. The van der Waals surface area contributed by atoms with E-state index in [0.717, 1.165) is 12.0 Å². The summed E-state index contributed by atoms with van der Waals surface area (Å²) < 4.78 is 5.48. The Labute approximate surface area is 152 Å². The van der Waals surface area contributed by atoms with Crippen LogP contribution >= 0.6 is 23.2 Å². The molecule has 1 amide bonds. The summed E-state index contributed by atoms with van der Waals surface area (Å²) in [5.74, 6) is 0.547. The van der Waals surface area contributed by atoms with E-state index in [0.29, 0.717) is 34.6 Å². The van der Waals surface area contributed by atoms with Gasteiger partial charge in [0.1, 0.15) is 5.75 Å². The van der Waals surface area contributed by atoms with Crippen LogP contribution in [0, 0.1) is 0 Å². The second-order valence-corrected chi connectivity index (χ2v) is 5.98. The average Bonchev–Trinajstić information content (AvgIpc) is 2.55. The Morgan fingerprint density at radius 1 is 1.17 bits per heavy atom. The largest absolute Gasteiger partial charge is 0.492 e. The molecule has 0 saturated carbocycles. The first-order valence-electron chi connectivity index (χ1n) is 7.76. The number of anilines is 1. The minimum Gasteiger partial charge on any atom is -0.492 e. The molecule has 24 heavy (non-hydrogen) atoms. The summed E-state index contributed by atoms with van der Waals surface area (Å²) in [6, 6.07) is 12.8. The Hall–Kier alpha value is -1.75. The number of rotatable bonds is 8. The highest BCUT2D eigenvalue weighted by molar-refractivity contribution is 6.35. The van der Waals surface area contributed by atoms with Crippen LogP contribution in [0.2, 0.25) is 10.0 Å². The summed E-state index contributed by atoms with van der Waals surface area (Å²) >= 11 is 12.0. The molecule has 2 aromatic rings. The van der Waals surface area contributed by atoms with Crippen molar-refractivity contribution in [3.8, 4) is 5.75 Å². The van der Waals surface area contributed by atoms with Gasteiger partial charge >= 0.3 is 0 Å². The van der Waals surface area contributed by atoms with Crippen molar-refractivity contribution in [1.82, 2.24) is 5.32 Å². The van der Waals surface area contributed by atoms with E-state index >= 15 is 0 Å². The van der Waals surface area contributed by atoms with Crippen LogP contribution in [0.4, 0.5) is 5.69 Å². The van der Waals surface area contributed by atoms with E-state index in [1.54, 1.807) is 12.1 Å².